The van der Waals surface area contributed by atoms with Crippen molar-refractivity contribution in [3.05, 3.63) is 5.92 Å². The van der Waals surface area contributed by atoms with Crippen LogP contribution >= 0.6 is 0 Å². The number of methoxy groups -OCH3 is 1. The van der Waals surface area contributed by atoms with Crippen molar-refractivity contribution >= 4 is 0 Å². The molecule has 0 rings (SSSR count). The Labute approximate surface area is 39.3 Å². The van der Waals surface area contributed by atoms with Gasteiger partial charge in [-0.3, -0.25) is 0 Å². The molecule has 0 atom stereocenters. The quantitative estimate of drug-likeness (QED) is 0.492. The number of ether oxygens (including phenoxy) is 1. The summed E-state index contributed by atoms with van der Waals surface area (Å²) in [6, 6.07) is 0. The Morgan fingerprint density at radius 2 is 2.00 bits per heavy atom. The molecule has 0 aliphatic heterocycles. The van der Waals surface area contributed by atoms with Gasteiger partial charge in [-0.25, -0.2) is 0 Å². The Morgan fingerprint density at radius 1 is 1.50 bits per heavy atom. The largest absolute Gasteiger partial charge is 0.384 e. The lowest BCUT2D eigenvalue weighted by atomic mass is 10.2. The van der Waals surface area contributed by atoms with Crippen LogP contribution in [0.2, 0.25) is 0 Å². The summed E-state index contributed by atoms with van der Waals surface area (Å²) in [6.07, 6.45) is 0. The molecule has 0 heterocycles. The molecule has 0 amide bonds. The normalized spacial score (nSPS) is 10.0. The third-order valence-corrected chi connectivity index (χ3v) is 0.433. The van der Waals surface area contributed by atoms with Crippen molar-refractivity contribution in [1.29, 1.82) is 0 Å². The van der Waals surface area contributed by atoms with E-state index in [-0.39, 0.29) is 0 Å². The first-order valence-electron chi connectivity index (χ1n) is 2.05. The zero-order valence-corrected chi connectivity index (χ0v) is 4.62. The molecule has 0 N–H and O–H groups in total. The van der Waals surface area contributed by atoms with Crippen LogP contribution in [0.25, 0.3) is 0 Å². The lowest BCUT2D eigenvalue weighted by Gasteiger charge is -1.97. The molecule has 0 spiro atoms. The molecule has 0 bridgehead atoms. The highest BCUT2D eigenvalue weighted by Gasteiger charge is 1.86. The second-order valence-electron chi connectivity index (χ2n) is 1.64. The molecule has 1 heteroatoms. The fourth-order valence-corrected chi connectivity index (χ4v) is 0.289. The summed E-state index contributed by atoms with van der Waals surface area (Å²) in [5, 5.41) is 0. The van der Waals surface area contributed by atoms with E-state index in [0.29, 0.717) is 0 Å². The smallest absolute Gasteiger partial charge is 0.0519 e. The third-order valence-electron chi connectivity index (χ3n) is 0.433. The first kappa shape index (κ1) is 5.96. The van der Waals surface area contributed by atoms with Gasteiger partial charge in [-0.15, -0.1) is 0 Å². The maximum absolute atomic E-state index is 4.77. The van der Waals surface area contributed by atoms with Crippen molar-refractivity contribution in [2.24, 2.45) is 0 Å². The molecule has 6 heavy (non-hydrogen) atoms. The summed E-state index contributed by atoms with van der Waals surface area (Å²) in [7, 11) is 1.70. The van der Waals surface area contributed by atoms with Crippen LogP contribution in [0.15, 0.2) is 0 Å². The molecule has 0 saturated carbocycles. The summed E-state index contributed by atoms with van der Waals surface area (Å²) in [5.41, 5.74) is 0. The van der Waals surface area contributed by atoms with E-state index in [1.807, 2.05) is 13.8 Å². The summed E-state index contributed by atoms with van der Waals surface area (Å²) < 4.78 is 4.77. The van der Waals surface area contributed by atoms with E-state index in [1.165, 1.54) is 5.92 Å². The van der Waals surface area contributed by atoms with Gasteiger partial charge < -0.3 is 4.74 Å². The predicted octanol–water partition coefficient (Wildman–Crippen LogP) is 1.25. The van der Waals surface area contributed by atoms with Crippen LogP contribution in [0, 0.1) is 5.92 Å². The topological polar surface area (TPSA) is 9.23 Å². The van der Waals surface area contributed by atoms with Gasteiger partial charge in [0.25, 0.3) is 0 Å². The lowest BCUT2D eigenvalue weighted by Crippen LogP contribution is -1.93. The van der Waals surface area contributed by atoms with E-state index < -0.39 is 0 Å². The Kier molecular flexibility index (Phi) is 3.14. The summed E-state index contributed by atoms with van der Waals surface area (Å²) in [6.45, 7) is 4.88. The van der Waals surface area contributed by atoms with E-state index in [1.54, 1.807) is 7.11 Å². The van der Waals surface area contributed by atoms with Crippen LogP contribution in [0.3, 0.4) is 0 Å². The zero-order valence-electron chi connectivity index (χ0n) is 4.62. The minimum Gasteiger partial charge on any atom is -0.384 e. The average molecular weight is 87.1 g/mol. The molecular formula is C5H11O. The highest BCUT2D eigenvalue weighted by atomic mass is 16.5. The van der Waals surface area contributed by atoms with Crippen LogP contribution in [-0.4, -0.2) is 13.7 Å². The van der Waals surface area contributed by atoms with Crippen molar-refractivity contribution in [2.75, 3.05) is 13.7 Å². The molecule has 37 valence electrons. The molecular weight excluding hydrogens is 76.1 g/mol. The van der Waals surface area contributed by atoms with Crippen molar-refractivity contribution in [1.82, 2.24) is 0 Å². The van der Waals surface area contributed by atoms with E-state index in [9.17, 15) is 0 Å². The average Bonchev–Trinajstić information content (AvgIpc) is 1.35. The highest BCUT2D eigenvalue weighted by molar-refractivity contribution is 4.74. The molecule has 0 aromatic rings. The summed E-state index contributed by atoms with van der Waals surface area (Å²) >= 11 is 0. The second kappa shape index (κ2) is 3.16. The Bertz CT molecular complexity index is 25.1. The number of hydrogen-bond donors (Lipinski definition) is 0. The molecule has 0 aliphatic rings. The minimum atomic E-state index is 0.792. The number of rotatable bonds is 2. The summed E-state index contributed by atoms with van der Waals surface area (Å²) in [5.74, 6) is 1.32. The number of hydrogen-bond acceptors (Lipinski definition) is 1. The zero-order chi connectivity index (χ0) is 4.99. The fourth-order valence-electron chi connectivity index (χ4n) is 0.289. The Hall–Kier alpha value is -0.0400. The SMILES string of the molecule is COC[C](C)C. The van der Waals surface area contributed by atoms with Crippen molar-refractivity contribution in [3.8, 4) is 0 Å². The molecule has 1 radical (unpaired) electrons. The van der Waals surface area contributed by atoms with Crippen LogP contribution < -0.4 is 0 Å². The van der Waals surface area contributed by atoms with Gasteiger partial charge in [0.2, 0.25) is 0 Å². The molecule has 0 unspecified atom stereocenters. The van der Waals surface area contributed by atoms with Gasteiger partial charge in [-0.2, -0.15) is 0 Å². The third kappa shape index (κ3) is 3.96. The van der Waals surface area contributed by atoms with E-state index in [2.05, 4.69) is 0 Å². The minimum absolute atomic E-state index is 0.792. The van der Waals surface area contributed by atoms with E-state index in [0.717, 1.165) is 6.61 Å². The molecule has 0 aromatic carbocycles. The highest BCUT2D eigenvalue weighted by Crippen LogP contribution is 1.91. The lowest BCUT2D eigenvalue weighted by molar-refractivity contribution is 0.211. The predicted molar refractivity (Wildman–Crippen MR) is 26.5 cm³/mol. The standard InChI is InChI=1S/C5H11O/c1-5(2)4-6-3/h4H2,1-3H3. The van der Waals surface area contributed by atoms with Crippen LogP contribution in [0.5, 0.6) is 0 Å². The summed E-state index contributed by atoms with van der Waals surface area (Å²) in [4.78, 5) is 0. The Morgan fingerprint density at radius 3 is 2.00 bits per heavy atom. The van der Waals surface area contributed by atoms with Crippen LogP contribution in [0.1, 0.15) is 13.8 Å². The van der Waals surface area contributed by atoms with Gasteiger partial charge in [-0.05, 0) is 5.92 Å². The molecule has 0 saturated heterocycles. The van der Waals surface area contributed by atoms with Gasteiger partial charge in [0, 0.05) is 7.11 Å². The first-order chi connectivity index (χ1) is 2.77. The van der Waals surface area contributed by atoms with Crippen LogP contribution in [0.4, 0.5) is 0 Å². The van der Waals surface area contributed by atoms with Crippen LogP contribution in [-0.2, 0) is 4.74 Å². The fraction of sp³-hybridized carbons (Fsp3) is 0.800. The first-order valence-corrected chi connectivity index (χ1v) is 2.05. The molecule has 0 fully saturated rings. The molecule has 0 aromatic heterocycles. The van der Waals surface area contributed by atoms with E-state index in [4.69, 9.17) is 4.74 Å². The van der Waals surface area contributed by atoms with Crippen molar-refractivity contribution in [3.63, 3.8) is 0 Å². The molecule has 1 nitrogen and oxygen atoms in total. The second-order valence-corrected chi connectivity index (χ2v) is 1.64. The van der Waals surface area contributed by atoms with Gasteiger partial charge >= 0.3 is 0 Å². The monoisotopic (exact) mass is 87.1 g/mol. The van der Waals surface area contributed by atoms with E-state index >= 15 is 0 Å². The van der Waals surface area contributed by atoms with Gasteiger partial charge in [0.15, 0.2) is 0 Å². The maximum Gasteiger partial charge on any atom is 0.0519 e. The molecule has 0 aliphatic carbocycles. The van der Waals surface area contributed by atoms with Gasteiger partial charge in [0.1, 0.15) is 0 Å². The van der Waals surface area contributed by atoms with Crippen molar-refractivity contribution < 1.29 is 4.74 Å². The Balaban J connectivity index is 2.63. The van der Waals surface area contributed by atoms with Gasteiger partial charge in [-0.1, -0.05) is 13.8 Å². The van der Waals surface area contributed by atoms with Crippen molar-refractivity contribution in [2.45, 2.75) is 13.8 Å². The maximum atomic E-state index is 4.77. The van der Waals surface area contributed by atoms with Gasteiger partial charge in [0.05, 0.1) is 6.61 Å².